The van der Waals surface area contributed by atoms with Gasteiger partial charge in [-0.2, -0.15) is 0 Å². The van der Waals surface area contributed by atoms with Crippen molar-refractivity contribution >= 4 is 5.97 Å². The maximum atomic E-state index is 13.0. The molecule has 2 aliphatic carbocycles. The summed E-state index contributed by atoms with van der Waals surface area (Å²) in [5, 5.41) is 0. The number of unbranched alkanes of at least 4 members (excludes halogenated alkanes) is 10. The van der Waals surface area contributed by atoms with Crippen LogP contribution < -0.4 is 9.47 Å². The Bertz CT molecular complexity index is 1040. The Hall–Kier alpha value is -2.43. The molecule has 2 fully saturated rings. The second-order valence-corrected chi connectivity index (χ2v) is 13.8. The van der Waals surface area contributed by atoms with Crippen molar-refractivity contribution < 1.29 is 14.3 Å². The molecule has 5 heteroatoms. The molecule has 2 aliphatic rings. The van der Waals surface area contributed by atoms with Gasteiger partial charge in [0.1, 0.15) is 5.75 Å². The second-order valence-electron chi connectivity index (χ2n) is 13.8. The van der Waals surface area contributed by atoms with E-state index in [-0.39, 0.29) is 11.9 Å². The van der Waals surface area contributed by atoms with Crippen LogP contribution in [-0.2, 0) is 4.79 Å². The molecular weight excluding hydrogens is 544 g/mol. The van der Waals surface area contributed by atoms with Crippen LogP contribution in [0.5, 0.6) is 11.5 Å². The SMILES string of the molecule is CCCCCCCCCC1CCC(C2CCC(C(=O)Oc3ccc(-c4ncc(OCCCCCCC)cn4)cc3)CC2)CC1. The number of aromatic nitrogens is 2. The van der Waals surface area contributed by atoms with Crippen LogP contribution >= 0.6 is 0 Å². The molecule has 2 saturated carbocycles. The van der Waals surface area contributed by atoms with Crippen molar-refractivity contribution in [3.8, 4) is 22.9 Å². The maximum absolute atomic E-state index is 13.0. The van der Waals surface area contributed by atoms with Gasteiger partial charge in [-0.05, 0) is 87.0 Å². The van der Waals surface area contributed by atoms with E-state index >= 15 is 0 Å². The molecule has 0 amide bonds. The number of nitrogens with zero attached hydrogens (tertiary/aromatic N) is 2. The molecule has 0 bridgehead atoms. The van der Waals surface area contributed by atoms with Crippen LogP contribution in [0.1, 0.15) is 149 Å². The molecule has 1 heterocycles. The van der Waals surface area contributed by atoms with Crippen molar-refractivity contribution in [1.29, 1.82) is 0 Å². The van der Waals surface area contributed by atoms with Crippen molar-refractivity contribution in [1.82, 2.24) is 9.97 Å². The minimum Gasteiger partial charge on any atom is -0.490 e. The minimum absolute atomic E-state index is 0.0297. The average Bonchev–Trinajstić information content (AvgIpc) is 3.07. The molecule has 0 saturated heterocycles. The van der Waals surface area contributed by atoms with Gasteiger partial charge >= 0.3 is 5.97 Å². The highest BCUT2D eigenvalue weighted by atomic mass is 16.5. The van der Waals surface area contributed by atoms with Gasteiger partial charge in [-0.3, -0.25) is 4.79 Å². The van der Waals surface area contributed by atoms with E-state index in [2.05, 4.69) is 23.8 Å². The lowest BCUT2D eigenvalue weighted by molar-refractivity contribution is -0.140. The topological polar surface area (TPSA) is 61.3 Å². The van der Waals surface area contributed by atoms with Gasteiger partial charge in [-0.25, -0.2) is 9.97 Å². The van der Waals surface area contributed by atoms with E-state index in [1.54, 1.807) is 12.4 Å². The molecule has 0 N–H and O–H groups in total. The summed E-state index contributed by atoms with van der Waals surface area (Å²) in [4.78, 5) is 21.9. The molecule has 0 radical (unpaired) electrons. The maximum Gasteiger partial charge on any atom is 0.314 e. The van der Waals surface area contributed by atoms with E-state index in [4.69, 9.17) is 9.47 Å². The number of rotatable bonds is 19. The number of esters is 1. The fraction of sp³-hybridized carbons (Fsp3) is 0.718. The van der Waals surface area contributed by atoms with E-state index in [1.165, 1.54) is 116 Å². The normalized spacial score (nSPS) is 22.0. The molecule has 0 spiro atoms. The second kappa shape index (κ2) is 19.9. The lowest BCUT2D eigenvalue weighted by Crippen LogP contribution is -2.30. The van der Waals surface area contributed by atoms with Crippen molar-refractivity contribution in [2.45, 2.75) is 149 Å². The molecule has 244 valence electrons. The monoisotopic (exact) mass is 604 g/mol. The Labute approximate surface area is 268 Å². The Morgan fingerprint density at radius 3 is 1.82 bits per heavy atom. The minimum atomic E-state index is -0.0675. The van der Waals surface area contributed by atoms with E-state index in [1.807, 2.05) is 24.3 Å². The number of benzene rings is 1. The number of hydrogen-bond acceptors (Lipinski definition) is 5. The van der Waals surface area contributed by atoms with E-state index in [0.29, 0.717) is 23.9 Å². The first-order valence-corrected chi connectivity index (χ1v) is 18.4. The van der Waals surface area contributed by atoms with Crippen LogP contribution in [0, 0.1) is 23.7 Å². The van der Waals surface area contributed by atoms with Gasteiger partial charge in [0.05, 0.1) is 24.9 Å². The molecule has 44 heavy (non-hydrogen) atoms. The predicted octanol–water partition coefficient (Wildman–Crippen LogP) is 11.2. The van der Waals surface area contributed by atoms with E-state index in [0.717, 1.165) is 42.6 Å². The van der Waals surface area contributed by atoms with Crippen LogP contribution in [0.25, 0.3) is 11.4 Å². The van der Waals surface area contributed by atoms with E-state index < -0.39 is 0 Å². The summed E-state index contributed by atoms with van der Waals surface area (Å²) < 4.78 is 11.6. The number of hydrogen-bond donors (Lipinski definition) is 0. The summed E-state index contributed by atoms with van der Waals surface area (Å²) in [7, 11) is 0. The van der Waals surface area contributed by atoms with Crippen molar-refractivity contribution in [2.75, 3.05) is 6.61 Å². The summed E-state index contributed by atoms with van der Waals surface area (Å²) in [6, 6.07) is 7.56. The van der Waals surface area contributed by atoms with Crippen molar-refractivity contribution in [2.24, 2.45) is 23.7 Å². The van der Waals surface area contributed by atoms with Crippen LogP contribution in [-0.4, -0.2) is 22.5 Å². The molecule has 5 nitrogen and oxygen atoms in total. The quantitative estimate of drug-likeness (QED) is 0.0906. The summed E-state index contributed by atoms with van der Waals surface area (Å²) in [6.45, 7) is 5.22. The molecule has 0 atom stereocenters. The first-order chi connectivity index (χ1) is 21.7. The lowest BCUT2D eigenvalue weighted by Gasteiger charge is -2.37. The number of ether oxygens (including phenoxy) is 2. The van der Waals surface area contributed by atoms with Gasteiger partial charge in [0, 0.05) is 5.56 Å². The zero-order chi connectivity index (χ0) is 30.8. The Balaban J connectivity index is 1.10. The van der Waals surface area contributed by atoms with Crippen LogP contribution in [0.15, 0.2) is 36.7 Å². The lowest BCUT2D eigenvalue weighted by atomic mass is 9.68. The molecular formula is C39H60N2O3. The summed E-state index contributed by atoms with van der Waals surface area (Å²) in [5.41, 5.74) is 0.897. The highest BCUT2D eigenvalue weighted by Gasteiger charge is 2.33. The fourth-order valence-corrected chi connectivity index (χ4v) is 7.47. The third kappa shape index (κ3) is 11.8. The fourth-order valence-electron chi connectivity index (χ4n) is 7.47. The Morgan fingerprint density at radius 1 is 0.659 bits per heavy atom. The molecule has 0 aliphatic heterocycles. The van der Waals surface area contributed by atoms with Crippen molar-refractivity contribution in [3.05, 3.63) is 36.7 Å². The van der Waals surface area contributed by atoms with Gasteiger partial charge < -0.3 is 9.47 Å². The molecule has 4 rings (SSSR count). The van der Waals surface area contributed by atoms with Gasteiger partial charge in [0.25, 0.3) is 0 Å². The zero-order valence-electron chi connectivity index (χ0n) is 27.9. The van der Waals surface area contributed by atoms with E-state index in [9.17, 15) is 4.79 Å². The average molecular weight is 605 g/mol. The first-order valence-electron chi connectivity index (χ1n) is 18.4. The smallest absolute Gasteiger partial charge is 0.314 e. The predicted molar refractivity (Wildman–Crippen MR) is 181 cm³/mol. The summed E-state index contributed by atoms with van der Waals surface area (Å²) in [6.07, 6.45) is 30.9. The molecule has 2 aromatic rings. The van der Waals surface area contributed by atoms with Crippen LogP contribution in [0.2, 0.25) is 0 Å². The van der Waals surface area contributed by atoms with Crippen LogP contribution in [0.4, 0.5) is 0 Å². The largest absolute Gasteiger partial charge is 0.490 e. The first kappa shape index (κ1) is 34.4. The Morgan fingerprint density at radius 2 is 1.20 bits per heavy atom. The number of carbonyl (C=O) groups excluding carboxylic acids is 1. The highest BCUT2D eigenvalue weighted by Crippen LogP contribution is 2.42. The highest BCUT2D eigenvalue weighted by molar-refractivity contribution is 5.75. The van der Waals surface area contributed by atoms with Crippen LogP contribution in [0.3, 0.4) is 0 Å². The van der Waals surface area contributed by atoms with Crippen molar-refractivity contribution in [3.63, 3.8) is 0 Å². The summed E-state index contributed by atoms with van der Waals surface area (Å²) in [5.74, 6) is 4.56. The zero-order valence-corrected chi connectivity index (χ0v) is 27.9. The molecule has 0 unspecified atom stereocenters. The summed E-state index contributed by atoms with van der Waals surface area (Å²) >= 11 is 0. The third-order valence-electron chi connectivity index (χ3n) is 10.4. The molecule has 1 aromatic heterocycles. The van der Waals surface area contributed by atoms with Gasteiger partial charge in [-0.15, -0.1) is 0 Å². The van der Waals surface area contributed by atoms with Gasteiger partial charge in [0.15, 0.2) is 11.6 Å². The third-order valence-corrected chi connectivity index (χ3v) is 10.4. The van der Waals surface area contributed by atoms with Gasteiger partial charge in [0.2, 0.25) is 0 Å². The standard InChI is InChI=1S/C39H60N2O3/c1-3-5-7-9-10-11-13-15-31-16-18-32(19-17-31)33-20-22-35(23-21-33)39(42)44-36-26-24-34(25-27-36)38-40-29-37(30-41-38)43-28-14-12-8-6-4-2/h24-27,29-33,35H,3-23,28H2,1-2H3. The molecule has 1 aromatic carbocycles. The Kier molecular flexibility index (Phi) is 15.5. The number of carbonyl (C=O) groups is 1. The van der Waals surface area contributed by atoms with Gasteiger partial charge in [-0.1, -0.05) is 104 Å².